The van der Waals surface area contributed by atoms with Crippen molar-refractivity contribution in [2.45, 2.75) is 31.6 Å². The van der Waals surface area contributed by atoms with Gasteiger partial charge in [0, 0.05) is 4.90 Å². The molecule has 0 heterocycles. The molecule has 0 unspecified atom stereocenters. The normalized spacial score (nSPS) is 10.4. The van der Waals surface area contributed by atoms with Crippen LogP contribution in [0.1, 0.15) is 23.6 Å². The molecule has 0 aliphatic rings. The van der Waals surface area contributed by atoms with Gasteiger partial charge in [0.25, 0.3) is 0 Å². The molecule has 0 saturated heterocycles. The van der Waals surface area contributed by atoms with Crippen molar-refractivity contribution in [1.82, 2.24) is 0 Å². The topological polar surface area (TPSA) is 4.36 Å². The predicted octanol–water partition coefficient (Wildman–Crippen LogP) is 5.58. The Kier molecular flexibility index (Phi) is 5.41. The van der Waals surface area contributed by atoms with Crippen LogP contribution in [0, 0.1) is 19.3 Å². The van der Waals surface area contributed by atoms with Gasteiger partial charge in [-0.3, -0.25) is 0 Å². The molecule has 0 atom stereocenters. The Hall–Kier alpha value is -1.79. The van der Waals surface area contributed by atoms with Crippen molar-refractivity contribution < 1.29 is 4.39 Å². The molecule has 0 radical (unpaired) electrons. The van der Waals surface area contributed by atoms with Crippen LogP contribution < -0.4 is 0 Å². The number of rotatable bonds is 5. The van der Waals surface area contributed by atoms with Crippen molar-refractivity contribution in [3.05, 3.63) is 70.3 Å². The molecular formula is C18H18FNS. The second kappa shape index (κ2) is 7.28. The molecule has 0 amide bonds. The summed E-state index contributed by atoms with van der Waals surface area (Å²) in [5.41, 5.74) is 3.37. The first-order chi connectivity index (χ1) is 10.2. The first-order valence-electron chi connectivity index (χ1n) is 7.03. The maximum Gasteiger partial charge on any atom is 0.190 e. The summed E-state index contributed by atoms with van der Waals surface area (Å²) in [7, 11) is 0. The molecule has 1 nitrogen and oxygen atoms in total. The maximum absolute atomic E-state index is 14.1. The average Bonchev–Trinajstić information content (AvgIpc) is 2.49. The van der Waals surface area contributed by atoms with Crippen molar-refractivity contribution in [3.63, 3.8) is 0 Å². The monoisotopic (exact) mass is 299 g/mol. The highest BCUT2D eigenvalue weighted by molar-refractivity contribution is 7.99. The first-order valence-corrected chi connectivity index (χ1v) is 8.01. The van der Waals surface area contributed by atoms with Crippen LogP contribution in [0.25, 0.3) is 4.85 Å². The number of nitrogens with zero attached hydrogens (tertiary/aromatic N) is 1. The lowest BCUT2D eigenvalue weighted by Crippen LogP contribution is -1.97. The van der Waals surface area contributed by atoms with E-state index >= 15 is 0 Å². The number of benzene rings is 2. The molecule has 2 aromatic carbocycles. The summed E-state index contributed by atoms with van der Waals surface area (Å²) in [6, 6.07) is 11.1. The van der Waals surface area contributed by atoms with Gasteiger partial charge in [0.1, 0.15) is 5.82 Å². The highest BCUT2D eigenvalue weighted by Crippen LogP contribution is 2.27. The first kappa shape index (κ1) is 15.6. The molecule has 108 valence electrons. The summed E-state index contributed by atoms with van der Waals surface area (Å²) < 4.78 is 14.1. The summed E-state index contributed by atoms with van der Waals surface area (Å²) in [4.78, 5) is 4.66. The number of para-hydroxylation sites is 1. The number of halogens is 1. The molecule has 0 saturated carbocycles. The van der Waals surface area contributed by atoms with Gasteiger partial charge in [-0.05, 0) is 54.3 Å². The van der Waals surface area contributed by atoms with Crippen LogP contribution in [0.3, 0.4) is 0 Å². The predicted molar refractivity (Wildman–Crippen MR) is 87.6 cm³/mol. The Morgan fingerprint density at radius 1 is 1.14 bits per heavy atom. The van der Waals surface area contributed by atoms with Crippen molar-refractivity contribution >= 4 is 17.4 Å². The lowest BCUT2D eigenvalue weighted by atomic mass is 10.0. The number of hydrogen-bond acceptors (Lipinski definition) is 1. The van der Waals surface area contributed by atoms with Gasteiger partial charge < -0.3 is 0 Å². The van der Waals surface area contributed by atoms with Crippen LogP contribution in [0.15, 0.2) is 41.3 Å². The number of thioether (sulfide) groups is 1. The van der Waals surface area contributed by atoms with Gasteiger partial charge in [0.2, 0.25) is 0 Å². The van der Waals surface area contributed by atoms with Crippen molar-refractivity contribution in [3.8, 4) is 0 Å². The fourth-order valence-corrected chi connectivity index (χ4v) is 3.12. The molecule has 2 aromatic rings. The minimum Gasteiger partial charge on any atom is -0.238 e. The summed E-state index contributed by atoms with van der Waals surface area (Å²) in [6.45, 7) is 11.2. The zero-order valence-corrected chi connectivity index (χ0v) is 13.1. The molecule has 0 aromatic heterocycles. The molecule has 21 heavy (non-hydrogen) atoms. The second-order valence-corrected chi connectivity index (χ2v) is 6.19. The van der Waals surface area contributed by atoms with E-state index in [1.807, 2.05) is 37.3 Å². The van der Waals surface area contributed by atoms with Crippen LogP contribution in [-0.2, 0) is 12.8 Å². The van der Waals surface area contributed by atoms with Gasteiger partial charge in [-0.15, -0.1) is 11.8 Å². The lowest BCUT2D eigenvalue weighted by molar-refractivity contribution is 0.605. The van der Waals surface area contributed by atoms with Gasteiger partial charge in [0.05, 0.1) is 6.57 Å². The van der Waals surface area contributed by atoms with Crippen LogP contribution in [0.5, 0.6) is 0 Å². The highest BCUT2D eigenvalue weighted by atomic mass is 32.2. The van der Waals surface area contributed by atoms with E-state index in [-0.39, 0.29) is 5.82 Å². The van der Waals surface area contributed by atoms with Crippen LogP contribution in [0.4, 0.5) is 10.1 Å². The Morgan fingerprint density at radius 2 is 1.86 bits per heavy atom. The van der Waals surface area contributed by atoms with Gasteiger partial charge in [-0.1, -0.05) is 31.2 Å². The highest BCUT2D eigenvalue weighted by Gasteiger charge is 2.09. The largest absolute Gasteiger partial charge is 0.238 e. The molecule has 2 rings (SSSR count). The molecule has 0 fully saturated rings. The third-order valence-corrected chi connectivity index (χ3v) is 4.46. The average molecular weight is 299 g/mol. The lowest BCUT2D eigenvalue weighted by Gasteiger charge is -2.10. The standard InChI is InChI=1S/C18H18FNS/c1-4-21-18-12-15(16(19)11-13(18)2)10-9-14-7-5-6-8-17(14)20-3/h5-8,11-12H,4,9-10H2,1-2H3. The second-order valence-electron chi connectivity index (χ2n) is 4.88. The Labute approximate surface area is 130 Å². The molecule has 0 spiro atoms. The van der Waals surface area contributed by atoms with E-state index in [9.17, 15) is 4.39 Å². The summed E-state index contributed by atoms with van der Waals surface area (Å²) in [6.07, 6.45) is 1.31. The summed E-state index contributed by atoms with van der Waals surface area (Å²) in [5, 5.41) is 0. The van der Waals surface area contributed by atoms with E-state index in [1.165, 1.54) is 0 Å². The zero-order valence-electron chi connectivity index (χ0n) is 12.3. The van der Waals surface area contributed by atoms with Crippen LogP contribution >= 0.6 is 11.8 Å². The molecule has 0 N–H and O–H groups in total. The van der Waals surface area contributed by atoms with Crippen molar-refractivity contribution in [1.29, 1.82) is 0 Å². The Bertz CT molecular complexity index is 673. The molecule has 0 bridgehead atoms. The fourth-order valence-electron chi connectivity index (χ4n) is 2.30. The van der Waals surface area contributed by atoms with E-state index in [0.29, 0.717) is 18.5 Å². The van der Waals surface area contributed by atoms with E-state index in [1.54, 1.807) is 17.8 Å². The van der Waals surface area contributed by atoms with Crippen molar-refractivity contribution in [2.24, 2.45) is 0 Å². The minimum atomic E-state index is -0.145. The van der Waals surface area contributed by atoms with Gasteiger partial charge in [-0.2, -0.15) is 0 Å². The summed E-state index contributed by atoms with van der Waals surface area (Å²) >= 11 is 1.74. The fraction of sp³-hybridized carbons (Fsp3) is 0.278. The Balaban J connectivity index is 2.20. The number of aryl methyl sites for hydroxylation is 3. The molecular weight excluding hydrogens is 281 g/mol. The minimum absolute atomic E-state index is 0.145. The summed E-state index contributed by atoms with van der Waals surface area (Å²) in [5.74, 6) is 0.833. The molecule has 0 aliphatic carbocycles. The zero-order chi connectivity index (χ0) is 15.2. The van der Waals surface area contributed by atoms with E-state index < -0.39 is 0 Å². The van der Waals surface area contributed by atoms with E-state index in [4.69, 9.17) is 6.57 Å². The smallest absolute Gasteiger partial charge is 0.190 e. The Morgan fingerprint density at radius 3 is 2.57 bits per heavy atom. The SMILES string of the molecule is [C-]#[N+]c1ccccc1CCc1cc(SCC)c(C)cc1F. The van der Waals surface area contributed by atoms with E-state index in [0.717, 1.165) is 27.3 Å². The molecule has 0 aliphatic heterocycles. The quantitative estimate of drug-likeness (QED) is 0.515. The van der Waals surface area contributed by atoms with Crippen molar-refractivity contribution in [2.75, 3.05) is 5.75 Å². The van der Waals surface area contributed by atoms with Gasteiger partial charge in [-0.25, -0.2) is 9.24 Å². The van der Waals surface area contributed by atoms with Crippen LogP contribution in [-0.4, -0.2) is 5.75 Å². The molecule has 3 heteroatoms. The van der Waals surface area contributed by atoms with E-state index in [2.05, 4.69) is 11.8 Å². The van der Waals surface area contributed by atoms with Gasteiger partial charge >= 0.3 is 0 Å². The number of hydrogen-bond donors (Lipinski definition) is 0. The third kappa shape index (κ3) is 3.86. The van der Waals surface area contributed by atoms with Gasteiger partial charge in [0.15, 0.2) is 5.69 Å². The van der Waals surface area contributed by atoms with Crippen LogP contribution in [0.2, 0.25) is 0 Å². The maximum atomic E-state index is 14.1. The third-order valence-electron chi connectivity index (χ3n) is 3.42.